The van der Waals surface area contributed by atoms with Crippen LogP contribution in [0.4, 0.5) is 74.6 Å². The average Bonchev–Trinajstić information content (AvgIpc) is 2.88. The molecule has 0 aliphatic heterocycles. The highest BCUT2D eigenvalue weighted by Gasteiger charge is 2.96. The Morgan fingerprint density at radius 1 is 0.523 bits per heavy atom. The molecule has 2 rings (SSSR count). The monoisotopic (exact) mass is 714 g/mol. The summed E-state index contributed by atoms with van der Waals surface area (Å²) in [5.74, 6) is -52.9. The number of alkyl halides is 17. The number of hydrogen-bond donors (Lipinski definition) is 0. The zero-order valence-electron chi connectivity index (χ0n) is 20.9. The molecule has 0 heterocycles. The van der Waals surface area contributed by atoms with E-state index < -0.39 is 78.0 Å². The van der Waals surface area contributed by atoms with Crippen LogP contribution in [-0.4, -0.2) is 61.6 Å². The highest BCUT2D eigenvalue weighted by Crippen LogP contribution is 2.66. The first kappa shape index (κ1) is 37.7. The van der Waals surface area contributed by atoms with E-state index in [1.807, 2.05) is 0 Å². The van der Waals surface area contributed by atoms with Crippen LogP contribution in [0, 0.1) is 0 Å². The Bertz CT molecular complexity index is 1410. The van der Waals surface area contributed by atoms with Crippen molar-refractivity contribution in [2.75, 3.05) is 6.26 Å². The van der Waals surface area contributed by atoms with E-state index >= 15 is 0 Å². The largest absolute Gasteiger partial charge is 0.460 e. The van der Waals surface area contributed by atoms with Crippen molar-refractivity contribution >= 4 is 20.4 Å². The second-order valence-corrected chi connectivity index (χ2v) is 13.7. The predicted octanol–water partition coefficient (Wildman–Crippen LogP) is 8.91. The molecule has 1 unspecified atom stereocenters. The first-order valence-corrected chi connectivity index (χ1v) is 14.5. The summed E-state index contributed by atoms with van der Waals surface area (Å²) in [4.78, 5) is -0.399. The van der Waals surface area contributed by atoms with Gasteiger partial charge in [-0.1, -0.05) is 58.8 Å². The van der Waals surface area contributed by atoms with Crippen molar-refractivity contribution in [1.29, 1.82) is 0 Å². The van der Waals surface area contributed by atoms with E-state index in [4.69, 9.17) is 0 Å². The van der Waals surface area contributed by atoms with Crippen molar-refractivity contribution in [3.63, 3.8) is 0 Å². The zero-order chi connectivity index (χ0) is 34.6. The van der Waals surface area contributed by atoms with Gasteiger partial charge in [-0.3, -0.25) is 0 Å². The maximum atomic E-state index is 14.7. The van der Waals surface area contributed by atoms with Gasteiger partial charge in [0.25, 0.3) is 0 Å². The van der Waals surface area contributed by atoms with Crippen LogP contribution in [0.25, 0.3) is 0 Å². The summed E-state index contributed by atoms with van der Waals surface area (Å²) in [6.45, 7) is 0. The summed E-state index contributed by atoms with van der Waals surface area (Å²) in [5.41, 5.74) is 0.0171. The van der Waals surface area contributed by atoms with Crippen molar-refractivity contribution in [2.24, 2.45) is 0 Å². The van der Waals surface area contributed by atoms with Crippen molar-refractivity contribution in [3.8, 4) is 0 Å². The molecule has 3 nitrogen and oxygen atoms in total. The van der Waals surface area contributed by atoms with E-state index in [2.05, 4.69) is 3.63 Å². The maximum Gasteiger partial charge on any atom is 0.460 e. The van der Waals surface area contributed by atoms with Gasteiger partial charge >= 0.3 is 57.1 Å². The average molecular weight is 714 g/mol. The van der Waals surface area contributed by atoms with Crippen LogP contribution in [0.2, 0.25) is 0 Å². The van der Waals surface area contributed by atoms with Gasteiger partial charge in [0.05, 0.1) is 0 Å². The van der Waals surface area contributed by atoms with Gasteiger partial charge in [0, 0.05) is 10.6 Å². The fraction of sp³-hybridized carbons (Fsp3) is 0.455. The highest BCUT2D eigenvalue weighted by atomic mass is 32.3. The standard InChI is InChI=1S/C22H15F17O3S2/c1-43(14-10-6-3-7-11-14,12-13-8-4-2-5-9-13)42-44(40,41)22(38,39)20(33,34)18(29,30)16(25,26)15(23,24)17(27,28)19(31,32)21(35,36)37/h2-11H,12H2,1H3. The molecule has 0 aromatic heterocycles. The molecule has 0 amide bonds. The van der Waals surface area contributed by atoms with E-state index in [0.29, 0.717) is 6.26 Å². The van der Waals surface area contributed by atoms with Gasteiger partial charge in [0.1, 0.15) is 0 Å². The molecule has 0 aliphatic carbocycles. The lowest BCUT2D eigenvalue weighted by Crippen LogP contribution is -2.75. The number of rotatable bonds is 12. The molecular formula is C22H15F17O3S2. The minimum Gasteiger partial charge on any atom is -0.211 e. The minimum atomic E-state index is -8.92. The van der Waals surface area contributed by atoms with Gasteiger partial charge in [0.2, 0.25) is 0 Å². The molecule has 0 fully saturated rings. The van der Waals surface area contributed by atoms with Crippen LogP contribution >= 0.6 is 10.3 Å². The van der Waals surface area contributed by atoms with Crippen LogP contribution in [0.15, 0.2) is 65.6 Å². The zero-order valence-corrected chi connectivity index (χ0v) is 22.6. The minimum absolute atomic E-state index is 0.0171. The maximum absolute atomic E-state index is 14.7. The van der Waals surface area contributed by atoms with Crippen molar-refractivity contribution in [1.82, 2.24) is 0 Å². The molecule has 0 spiro atoms. The van der Waals surface area contributed by atoms with Gasteiger partial charge in [-0.2, -0.15) is 83.1 Å². The summed E-state index contributed by atoms with van der Waals surface area (Å²) in [6.07, 6.45) is -7.24. The van der Waals surface area contributed by atoms with E-state index in [-0.39, 0.29) is 5.56 Å². The molecular weight excluding hydrogens is 699 g/mol. The Morgan fingerprint density at radius 2 is 0.864 bits per heavy atom. The third-order valence-electron chi connectivity index (χ3n) is 5.77. The molecule has 0 N–H and O–H groups in total. The molecule has 0 saturated carbocycles. The van der Waals surface area contributed by atoms with E-state index in [1.165, 1.54) is 36.4 Å². The molecule has 2 aromatic carbocycles. The lowest BCUT2D eigenvalue weighted by atomic mass is 9.91. The lowest BCUT2D eigenvalue weighted by Gasteiger charge is -2.43. The molecule has 2 aromatic rings. The summed E-state index contributed by atoms with van der Waals surface area (Å²) in [5, 5.41) is -7.76. The van der Waals surface area contributed by atoms with E-state index in [0.717, 1.165) is 24.3 Å². The fourth-order valence-corrected chi connectivity index (χ4v) is 7.89. The predicted molar refractivity (Wildman–Crippen MR) is 119 cm³/mol. The fourth-order valence-electron chi connectivity index (χ4n) is 3.29. The van der Waals surface area contributed by atoms with Crippen LogP contribution in [0.5, 0.6) is 0 Å². The topological polar surface area (TPSA) is 43.4 Å². The Labute approximate surface area is 237 Å². The third-order valence-corrected chi connectivity index (χ3v) is 10.7. The second-order valence-electron chi connectivity index (χ2n) is 8.93. The number of halogens is 17. The summed E-state index contributed by atoms with van der Waals surface area (Å²) >= 11 is 0. The van der Waals surface area contributed by atoms with Crippen molar-refractivity contribution in [3.05, 3.63) is 66.2 Å². The molecule has 0 saturated heterocycles. The van der Waals surface area contributed by atoms with Gasteiger partial charge in [-0.25, -0.2) is 3.63 Å². The van der Waals surface area contributed by atoms with Crippen molar-refractivity contribution < 1.29 is 86.7 Å². The molecule has 252 valence electrons. The first-order chi connectivity index (χ1) is 19.4. The van der Waals surface area contributed by atoms with Crippen LogP contribution in [-0.2, 0) is 19.5 Å². The van der Waals surface area contributed by atoms with Crippen LogP contribution in [0.3, 0.4) is 0 Å². The SMILES string of the molecule is CS(Cc1ccccc1)(OS(=O)(=O)C(F)(F)C(F)(F)C(F)(F)C(F)(F)C(F)(F)C(F)(F)C(F)(F)C(F)(F)F)c1ccccc1. The Kier molecular flexibility index (Phi) is 9.50. The smallest absolute Gasteiger partial charge is 0.211 e. The molecule has 0 radical (unpaired) electrons. The normalized spacial score (nSPS) is 17.2. The second kappa shape index (κ2) is 11.1. The summed E-state index contributed by atoms with van der Waals surface area (Å²) < 4.78 is 260. The Hall–Kier alpha value is -2.49. The van der Waals surface area contributed by atoms with Crippen LogP contribution in [0.1, 0.15) is 5.56 Å². The molecule has 1 atom stereocenters. The van der Waals surface area contributed by atoms with Crippen LogP contribution < -0.4 is 0 Å². The Morgan fingerprint density at radius 3 is 1.25 bits per heavy atom. The molecule has 22 heteroatoms. The number of benzene rings is 2. The van der Waals surface area contributed by atoms with E-state index in [1.54, 1.807) is 0 Å². The quantitative estimate of drug-likeness (QED) is 0.207. The first-order valence-electron chi connectivity index (χ1n) is 10.9. The lowest BCUT2D eigenvalue weighted by molar-refractivity contribution is -0.458. The summed E-state index contributed by atoms with van der Waals surface area (Å²) in [7, 11) is -11.7. The molecule has 0 aliphatic rings. The highest BCUT2D eigenvalue weighted by molar-refractivity contribution is 8.32. The summed E-state index contributed by atoms with van der Waals surface area (Å²) in [6, 6.07) is 11.8. The number of hydrogen-bond acceptors (Lipinski definition) is 3. The van der Waals surface area contributed by atoms with E-state index in [9.17, 15) is 83.1 Å². The molecule has 44 heavy (non-hydrogen) atoms. The van der Waals surface area contributed by atoms with Gasteiger partial charge < -0.3 is 0 Å². The van der Waals surface area contributed by atoms with Gasteiger partial charge in [-0.15, -0.1) is 0 Å². The van der Waals surface area contributed by atoms with Crippen molar-refractivity contribution in [2.45, 2.75) is 57.6 Å². The third kappa shape index (κ3) is 5.58. The molecule has 0 bridgehead atoms. The van der Waals surface area contributed by atoms with Gasteiger partial charge in [-0.05, 0) is 24.0 Å². The Balaban J connectivity index is 2.69. The van der Waals surface area contributed by atoms with Gasteiger partial charge in [0.15, 0.2) is 0 Å².